The fraction of sp³-hybridized carbons (Fsp3) is 0.400. The monoisotopic (exact) mass is 258 g/mol. The summed E-state index contributed by atoms with van der Waals surface area (Å²) in [6, 6.07) is 6.26. The lowest BCUT2D eigenvalue weighted by molar-refractivity contribution is 0.299. The van der Waals surface area contributed by atoms with E-state index in [-0.39, 0.29) is 6.04 Å². The molecule has 19 heavy (non-hydrogen) atoms. The Balaban J connectivity index is 1.82. The van der Waals surface area contributed by atoms with E-state index in [4.69, 9.17) is 15.0 Å². The Labute approximate surface area is 112 Å². The molecule has 0 amide bonds. The molecule has 1 aliphatic carbocycles. The Morgan fingerprint density at radius 2 is 2.26 bits per heavy atom. The van der Waals surface area contributed by atoms with E-state index >= 15 is 0 Å². The lowest BCUT2D eigenvalue weighted by atomic mass is 10.1. The molecule has 0 radical (unpaired) electrons. The van der Waals surface area contributed by atoms with Crippen LogP contribution in [-0.4, -0.2) is 5.16 Å². The molecule has 2 N–H and O–H groups in total. The Bertz CT molecular complexity index is 585. The number of nitrogens with zero attached hydrogens (tertiary/aromatic N) is 1. The molecule has 0 spiro atoms. The maximum absolute atomic E-state index is 6.07. The molecule has 4 nitrogen and oxygen atoms in total. The first kappa shape index (κ1) is 12.2. The first-order valence-corrected chi connectivity index (χ1v) is 6.58. The van der Waals surface area contributed by atoms with Crippen molar-refractivity contribution in [3.8, 4) is 5.75 Å². The van der Waals surface area contributed by atoms with E-state index in [0.29, 0.717) is 6.61 Å². The Morgan fingerprint density at radius 1 is 1.42 bits per heavy atom. The third-order valence-electron chi connectivity index (χ3n) is 3.83. The predicted octanol–water partition coefficient (Wildman–Crippen LogP) is 2.82. The number of ether oxygens (including phenoxy) is 1. The van der Waals surface area contributed by atoms with Gasteiger partial charge < -0.3 is 15.0 Å². The molecule has 1 aromatic heterocycles. The van der Waals surface area contributed by atoms with Crippen molar-refractivity contribution in [1.82, 2.24) is 5.16 Å². The van der Waals surface area contributed by atoms with Crippen molar-refractivity contribution in [3.63, 3.8) is 0 Å². The molecule has 3 rings (SSSR count). The van der Waals surface area contributed by atoms with E-state index in [2.05, 4.69) is 11.2 Å². The second kappa shape index (κ2) is 4.70. The SMILES string of the molecule is Cc1noc(C)c1COc1cccc2c1CCC2N. The maximum atomic E-state index is 6.07. The van der Waals surface area contributed by atoms with Crippen LogP contribution in [0.5, 0.6) is 5.75 Å². The minimum atomic E-state index is 0.151. The van der Waals surface area contributed by atoms with Crippen molar-refractivity contribution in [2.24, 2.45) is 5.73 Å². The largest absolute Gasteiger partial charge is 0.488 e. The van der Waals surface area contributed by atoms with Crippen molar-refractivity contribution in [3.05, 3.63) is 46.3 Å². The molecular formula is C15H18N2O2. The third-order valence-corrected chi connectivity index (χ3v) is 3.83. The first-order valence-electron chi connectivity index (χ1n) is 6.58. The zero-order valence-electron chi connectivity index (χ0n) is 11.3. The van der Waals surface area contributed by atoms with E-state index in [1.54, 1.807) is 0 Å². The Kier molecular flexibility index (Phi) is 3.03. The molecule has 4 heteroatoms. The number of hydrogen-bond acceptors (Lipinski definition) is 4. The molecule has 2 aromatic rings. The minimum Gasteiger partial charge on any atom is -0.488 e. The number of nitrogens with two attached hydrogens (primary N) is 1. The van der Waals surface area contributed by atoms with Crippen molar-refractivity contribution in [1.29, 1.82) is 0 Å². The highest BCUT2D eigenvalue weighted by atomic mass is 16.5. The topological polar surface area (TPSA) is 61.3 Å². The van der Waals surface area contributed by atoms with Gasteiger partial charge in [0.1, 0.15) is 18.1 Å². The number of rotatable bonds is 3. The van der Waals surface area contributed by atoms with Gasteiger partial charge in [0.15, 0.2) is 0 Å². The molecule has 0 fully saturated rings. The van der Waals surface area contributed by atoms with Crippen LogP contribution in [0.25, 0.3) is 0 Å². The molecule has 0 aliphatic heterocycles. The Hall–Kier alpha value is -1.81. The number of fused-ring (bicyclic) bond motifs is 1. The van der Waals surface area contributed by atoms with Crippen LogP contribution in [0, 0.1) is 13.8 Å². The molecule has 1 aliphatic rings. The fourth-order valence-electron chi connectivity index (χ4n) is 2.65. The van der Waals surface area contributed by atoms with Gasteiger partial charge in [-0.25, -0.2) is 0 Å². The van der Waals surface area contributed by atoms with Gasteiger partial charge in [-0.1, -0.05) is 17.3 Å². The highest BCUT2D eigenvalue weighted by Gasteiger charge is 2.22. The molecule has 1 atom stereocenters. The van der Waals surface area contributed by atoms with Gasteiger partial charge in [-0.3, -0.25) is 0 Å². The maximum Gasteiger partial charge on any atom is 0.140 e. The summed E-state index contributed by atoms with van der Waals surface area (Å²) < 4.78 is 11.1. The lowest BCUT2D eigenvalue weighted by Crippen LogP contribution is -2.05. The second-order valence-electron chi connectivity index (χ2n) is 5.06. The average molecular weight is 258 g/mol. The number of aromatic nitrogens is 1. The summed E-state index contributed by atoms with van der Waals surface area (Å²) in [7, 11) is 0. The van der Waals surface area contributed by atoms with Crippen LogP contribution in [0.1, 0.15) is 40.6 Å². The predicted molar refractivity (Wildman–Crippen MR) is 72.0 cm³/mol. The van der Waals surface area contributed by atoms with Gasteiger partial charge in [0.2, 0.25) is 0 Å². The molecule has 0 bridgehead atoms. The summed E-state index contributed by atoms with van der Waals surface area (Å²) in [5, 5.41) is 3.94. The zero-order chi connectivity index (χ0) is 13.4. The highest BCUT2D eigenvalue weighted by molar-refractivity contribution is 5.45. The van der Waals surface area contributed by atoms with Gasteiger partial charge in [-0.05, 0) is 43.9 Å². The third kappa shape index (κ3) is 2.12. The van der Waals surface area contributed by atoms with Gasteiger partial charge in [0.05, 0.1) is 11.3 Å². The smallest absolute Gasteiger partial charge is 0.140 e. The van der Waals surface area contributed by atoms with Gasteiger partial charge >= 0.3 is 0 Å². The van der Waals surface area contributed by atoms with Crippen LogP contribution >= 0.6 is 0 Å². The summed E-state index contributed by atoms with van der Waals surface area (Å²) in [5.41, 5.74) is 10.5. The van der Waals surface area contributed by atoms with Gasteiger partial charge in [-0.15, -0.1) is 0 Å². The van der Waals surface area contributed by atoms with E-state index < -0.39 is 0 Å². The molecule has 100 valence electrons. The second-order valence-corrected chi connectivity index (χ2v) is 5.06. The first-order chi connectivity index (χ1) is 9.16. The number of hydrogen-bond donors (Lipinski definition) is 1. The van der Waals surface area contributed by atoms with Gasteiger partial charge in [0, 0.05) is 6.04 Å². The van der Waals surface area contributed by atoms with Crippen molar-refractivity contribution in [2.75, 3.05) is 0 Å². The van der Waals surface area contributed by atoms with Crippen LogP contribution in [0.15, 0.2) is 22.7 Å². The van der Waals surface area contributed by atoms with Crippen LogP contribution in [-0.2, 0) is 13.0 Å². The standard InChI is InChI=1S/C15H18N2O2/c1-9-13(10(2)19-17-9)8-18-15-5-3-4-11-12(15)6-7-14(11)16/h3-5,14H,6-8,16H2,1-2H3. The molecule has 1 heterocycles. The quantitative estimate of drug-likeness (QED) is 0.919. The number of benzene rings is 1. The summed E-state index contributed by atoms with van der Waals surface area (Å²) in [6.07, 6.45) is 2.00. The molecule has 1 unspecified atom stereocenters. The fourth-order valence-corrected chi connectivity index (χ4v) is 2.65. The van der Waals surface area contributed by atoms with Crippen molar-refractivity contribution < 1.29 is 9.26 Å². The van der Waals surface area contributed by atoms with Crippen LogP contribution in [0.4, 0.5) is 0 Å². The van der Waals surface area contributed by atoms with E-state index in [9.17, 15) is 0 Å². The summed E-state index contributed by atoms with van der Waals surface area (Å²) in [4.78, 5) is 0. The van der Waals surface area contributed by atoms with E-state index in [1.165, 1.54) is 11.1 Å². The highest BCUT2D eigenvalue weighted by Crippen LogP contribution is 2.35. The summed E-state index contributed by atoms with van der Waals surface area (Å²) in [6.45, 7) is 4.33. The normalized spacial score (nSPS) is 17.5. The van der Waals surface area contributed by atoms with Crippen molar-refractivity contribution >= 4 is 0 Å². The zero-order valence-corrected chi connectivity index (χ0v) is 11.3. The summed E-state index contributed by atoms with van der Waals surface area (Å²) in [5.74, 6) is 1.76. The van der Waals surface area contributed by atoms with Gasteiger partial charge in [-0.2, -0.15) is 0 Å². The Morgan fingerprint density at radius 3 is 3.00 bits per heavy atom. The summed E-state index contributed by atoms with van der Waals surface area (Å²) >= 11 is 0. The van der Waals surface area contributed by atoms with E-state index in [0.717, 1.165) is 35.6 Å². The van der Waals surface area contributed by atoms with E-state index in [1.807, 2.05) is 26.0 Å². The number of aryl methyl sites for hydroxylation is 2. The van der Waals surface area contributed by atoms with Gasteiger partial charge in [0.25, 0.3) is 0 Å². The lowest BCUT2D eigenvalue weighted by Gasteiger charge is -2.11. The average Bonchev–Trinajstić information content (AvgIpc) is 2.93. The molecular weight excluding hydrogens is 240 g/mol. The van der Waals surface area contributed by atoms with Crippen LogP contribution < -0.4 is 10.5 Å². The molecule has 0 saturated heterocycles. The van der Waals surface area contributed by atoms with Crippen LogP contribution in [0.3, 0.4) is 0 Å². The van der Waals surface area contributed by atoms with Crippen LogP contribution in [0.2, 0.25) is 0 Å². The molecule has 1 aromatic carbocycles. The minimum absolute atomic E-state index is 0.151. The van der Waals surface area contributed by atoms with Crippen molar-refractivity contribution in [2.45, 2.75) is 39.3 Å². The molecule has 0 saturated carbocycles.